The molecule has 0 saturated heterocycles. The van der Waals surface area contributed by atoms with E-state index in [1.165, 1.54) is 0 Å². The minimum Gasteiger partial charge on any atom is -0.494 e. The van der Waals surface area contributed by atoms with Crippen LogP contribution in [0.25, 0.3) is 11.1 Å². The molecule has 10 nitrogen and oxygen atoms in total. The second-order valence-corrected chi connectivity index (χ2v) is 16.0. The van der Waals surface area contributed by atoms with Gasteiger partial charge in [0, 0.05) is 30.8 Å². The number of hydrogen-bond acceptors (Lipinski definition) is 8. The molecule has 61 heavy (non-hydrogen) atoms. The van der Waals surface area contributed by atoms with Crippen molar-refractivity contribution in [2.45, 2.75) is 63.6 Å². The molecule has 2 N–H and O–H groups in total. The van der Waals surface area contributed by atoms with Crippen molar-refractivity contribution in [2.24, 2.45) is 0 Å². The molecule has 0 spiro atoms. The second kappa shape index (κ2) is 18.7. The lowest BCUT2D eigenvalue weighted by Crippen LogP contribution is -2.55. The first kappa shape index (κ1) is 41.7. The van der Waals surface area contributed by atoms with E-state index >= 15 is 0 Å². The third-order valence-corrected chi connectivity index (χ3v) is 12.1. The van der Waals surface area contributed by atoms with Gasteiger partial charge in [0.1, 0.15) is 30.8 Å². The minimum absolute atomic E-state index is 0.107. The number of fused-ring (bicyclic) bond motifs is 2. The summed E-state index contributed by atoms with van der Waals surface area (Å²) in [4.78, 5) is 33.4. The summed E-state index contributed by atoms with van der Waals surface area (Å²) in [6, 6.07) is 34.8. The maximum Gasteiger partial charge on any atom is 0.326 e. The first-order valence-corrected chi connectivity index (χ1v) is 21.0. The number of carboxylic acid groups (broad SMARTS) is 1. The number of hydrogen-bond donors (Lipinski definition) is 2. The van der Waals surface area contributed by atoms with Gasteiger partial charge in [0.05, 0.1) is 29.4 Å². The molecule has 0 bridgehead atoms. The van der Waals surface area contributed by atoms with Crippen molar-refractivity contribution in [1.29, 1.82) is 0 Å². The Bertz CT molecular complexity index is 2500. The molecular formula is C49H45Cl2N3O7. The molecule has 0 radical (unpaired) electrons. The largest absolute Gasteiger partial charge is 0.494 e. The van der Waals surface area contributed by atoms with E-state index in [1.54, 1.807) is 31.6 Å². The van der Waals surface area contributed by atoms with Crippen LogP contribution in [0.15, 0.2) is 128 Å². The van der Waals surface area contributed by atoms with E-state index in [9.17, 15) is 14.7 Å². The average Bonchev–Trinajstić information content (AvgIpc) is 3.29. The number of pyridine rings is 1. The monoisotopic (exact) mass is 857 g/mol. The minimum atomic E-state index is -1.14. The zero-order valence-electron chi connectivity index (χ0n) is 33.7. The van der Waals surface area contributed by atoms with E-state index in [1.807, 2.05) is 91.0 Å². The highest BCUT2D eigenvalue weighted by Gasteiger charge is 2.39. The Labute approximate surface area is 365 Å². The lowest BCUT2D eigenvalue weighted by atomic mass is 9.89. The molecule has 3 heterocycles. The van der Waals surface area contributed by atoms with Crippen molar-refractivity contribution in [3.05, 3.63) is 171 Å². The number of aromatic nitrogens is 1. The van der Waals surface area contributed by atoms with E-state index in [0.29, 0.717) is 59.2 Å². The summed E-state index contributed by atoms with van der Waals surface area (Å²) in [5, 5.41) is 14.3. The summed E-state index contributed by atoms with van der Waals surface area (Å²) < 4.78 is 24.3. The third-order valence-electron chi connectivity index (χ3n) is 11.3. The van der Waals surface area contributed by atoms with Crippen LogP contribution in [0.4, 0.5) is 0 Å². The molecule has 0 saturated carbocycles. The van der Waals surface area contributed by atoms with Crippen molar-refractivity contribution >= 4 is 35.1 Å². The van der Waals surface area contributed by atoms with Crippen molar-refractivity contribution < 1.29 is 33.6 Å². The number of ether oxygens (including phenoxy) is 4. The van der Waals surface area contributed by atoms with Gasteiger partial charge in [-0.1, -0.05) is 103 Å². The summed E-state index contributed by atoms with van der Waals surface area (Å²) >= 11 is 12.2. The maximum absolute atomic E-state index is 14.4. The summed E-state index contributed by atoms with van der Waals surface area (Å²) in [5.74, 6) is 1.13. The van der Waals surface area contributed by atoms with Gasteiger partial charge in [-0.25, -0.2) is 4.79 Å². The third kappa shape index (κ3) is 9.47. The Kier molecular flexibility index (Phi) is 12.8. The number of halogens is 2. The van der Waals surface area contributed by atoms with Gasteiger partial charge < -0.3 is 29.4 Å². The van der Waals surface area contributed by atoms with Crippen LogP contribution in [0.3, 0.4) is 0 Å². The predicted octanol–water partition coefficient (Wildman–Crippen LogP) is 9.85. The van der Waals surface area contributed by atoms with E-state index in [4.69, 9.17) is 42.1 Å². The Hall–Kier alpha value is -6.07. The van der Waals surface area contributed by atoms with E-state index in [0.717, 1.165) is 50.9 Å². The normalized spacial score (nSPS) is 16.8. The summed E-state index contributed by atoms with van der Waals surface area (Å²) in [6.07, 6.45) is 4.22. The zero-order chi connectivity index (χ0) is 42.5. The predicted molar refractivity (Wildman–Crippen MR) is 235 cm³/mol. The molecule has 8 rings (SSSR count). The number of amides is 1. The second-order valence-electron chi connectivity index (χ2n) is 15.2. The topological polar surface area (TPSA) is 119 Å². The highest BCUT2D eigenvalue weighted by atomic mass is 35.5. The molecule has 4 unspecified atom stereocenters. The number of rotatable bonds is 14. The van der Waals surface area contributed by atoms with Crippen molar-refractivity contribution in [3.8, 4) is 34.1 Å². The van der Waals surface area contributed by atoms with Gasteiger partial charge >= 0.3 is 5.97 Å². The van der Waals surface area contributed by atoms with Crippen LogP contribution >= 0.6 is 23.2 Å². The maximum atomic E-state index is 14.4. The highest BCUT2D eigenvalue weighted by molar-refractivity contribution is 6.42. The molecule has 5 aromatic carbocycles. The van der Waals surface area contributed by atoms with E-state index in [2.05, 4.69) is 34.3 Å². The fourth-order valence-electron chi connectivity index (χ4n) is 8.12. The molecule has 2 aliphatic rings. The molecule has 1 amide bonds. The van der Waals surface area contributed by atoms with Gasteiger partial charge in [0.15, 0.2) is 17.6 Å². The van der Waals surface area contributed by atoms with Crippen molar-refractivity contribution in [2.75, 3.05) is 13.7 Å². The Morgan fingerprint density at radius 1 is 0.902 bits per heavy atom. The number of nitrogens with one attached hydrogen (secondary N) is 1. The standard InChI is InChI=1S/C49H45Cl2N3O7/c1-3-42(33-7-5-4-6-8-33)54-27-36-25-45-44(60-29-47(61-45)34-14-16-37(17-15-34)59-28-31-11-18-39(50)40(51)21-31)24-35(36)23-43(54)48(55)53-41(49(56)57)22-30-9-12-32(13-10-30)38-19-20-52-26-46(38)58-2/h4-21,24-26,41-43,47H,3,22-23,27-29H2,1-2H3,(H,53,55)(H,56,57). The first-order chi connectivity index (χ1) is 29.7. The number of carbonyl (C=O) groups is 2. The average molecular weight is 859 g/mol. The van der Waals surface area contributed by atoms with Gasteiger partial charge in [-0.15, -0.1) is 0 Å². The molecule has 0 aliphatic carbocycles. The van der Waals surface area contributed by atoms with Gasteiger partial charge in [0.2, 0.25) is 5.91 Å². The molecule has 4 atom stereocenters. The summed E-state index contributed by atoms with van der Waals surface area (Å²) in [7, 11) is 1.59. The Balaban J connectivity index is 0.992. The van der Waals surface area contributed by atoms with Crippen LogP contribution in [-0.2, 0) is 35.6 Å². The fourth-order valence-corrected chi connectivity index (χ4v) is 8.44. The zero-order valence-corrected chi connectivity index (χ0v) is 35.2. The molecule has 1 aromatic heterocycles. The number of nitrogens with zero attached hydrogens (tertiary/aromatic N) is 2. The summed E-state index contributed by atoms with van der Waals surface area (Å²) in [6.45, 7) is 3.20. The molecule has 12 heteroatoms. The van der Waals surface area contributed by atoms with Gasteiger partial charge in [0.25, 0.3) is 0 Å². The number of aliphatic carboxylic acids is 1. The molecular weight excluding hydrogens is 813 g/mol. The van der Waals surface area contributed by atoms with E-state index < -0.39 is 18.1 Å². The molecule has 0 fully saturated rings. The van der Waals surface area contributed by atoms with Gasteiger partial charge in [-0.05, 0) is 94.3 Å². The Morgan fingerprint density at radius 3 is 2.38 bits per heavy atom. The molecule has 6 aromatic rings. The van der Waals surface area contributed by atoms with Crippen molar-refractivity contribution in [3.63, 3.8) is 0 Å². The Morgan fingerprint density at radius 2 is 1.66 bits per heavy atom. The van der Waals surface area contributed by atoms with Gasteiger partial charge in [-0.3, -0.25) is 14.7 Å². The molecule has 2 aliphatic heterocycles. The van der Waals surface area contributed by atoms with E-state index in [-0.39, 0.29) is 24.5 Å². The number of carboxylic acids is 1. The van der Waals surface area contributed by atoms with Crippen LogP contribution in [0.2, 0.25) is 10.0 Å². The lowest BCUT2D eigenvalue weighted by molar-refractivity contribution is -0.143. The molecule has 312 valence electrons. The first-order valence-electron chi connectivity index (χ1n) is 20.2. The van der Waals surface area contributed by atoms with Crippen LogP contribution in [-0.4, -0.2) is 52.7 Å². The number of carbonyl (C=O) groups excluding carboxylic acids is 1. The van der Waals surface area contributed by atoms with Crippen LogP contribution in [0.1, 0.15) is 58.9 Å². The SMILES string of the molecule is CCC(c1ccccc1)N1Cc2cc3c(cc2CC1C(=O)NC(Cc1ccc(-c2ccncc2OC)cc1)C(=O)O)OCC(c1ccc(OCc2ccc(Cl)c(Cl)c2)cc1)O3. The fraction of sp³-hybridized carbons (Fsp3) is 0.245. The van der Waals surface area contributed by atoms with Crippen LogP contribution < -0.4 is 24.3 Å². The van der Waals surface area contributed by atoms with Gasteiger partial charge in [-0.2, -0.15) is 0 Å². The highest BCUT2D eigenvalue weighted by Crippen LogP contribution is 2.43. The smallest absolute Gasteiger partial charge is 0.326 e. The van der Waals surface area contributed by atoms with Crippen molar-refractivity contribution in [1.82, 2.24) is 15.2 Å². The number of benzene rings is 5. The van der Waals surface area contributed by atoms with Crippen LogP contribution in [0, 0.1) is 0 Å². The quantitative estimate of drug-likeness (QED) is 0.110. The summed E-state index contributed by atoms with van der Waals surface area (Å²) in [5.41, 5.74) is 7.47. The van der Waals surface area contributed by atoms with Crippen LogP contribution in [0.5, 0.6) is 23.0 Å². The number of methoxy groups -OCH3 is 1. The lowest BCUT2D eigenvalue weighted by Gasteiger charge is -2.42.